The summed E-state index contributed by atoms with van der Waals surface area (Å²) in [5, 5.41) is 3.20. The van der Waals surface area contributed by atoms with Gasteiger partial charge in [0.05, 0.1) is 10.0 Å². The summed E-state index contributed by atoms with van der Waals surface area (Å²) in [4.78, 5) is 39.2. The molecule has 0 unspecified atom stereocenters. The van der Waals surface area contributed by atoms with Crippen LogP contribution in [0.3, 0.4) is 0 Å². The normalized spacial score (nSPS) is 18.8. The van der Waals surface area contributed by atoms with Gasteiger partial charge in [0.15, 0.2) is 0 Å². The summed E-state index contributed by atoms with van der Waals surface area (Å²) in [6.07, 6.45) is 5.99. The highest BCUT2D eigenvalue weighted by molar-refractivity contribution is 6.42. The maximum atomic E-state index is 13.1. The molecule has 1 aliphatic heterocycles. The van der Waals surface area contributed by atoms with Gasteiger partial charge in [-0.3, -0.25) is 19.8 Å². The highest BCUT2D eigenvalue weighted by Crippen LogP contribution is 2.29. The van der Waals surface area contributed by atoms with E-state index in [1.54, 1.807) is 42.5 Å². The first kappa shape index (κ1) is 22.4. The molecule has 32 heavy (non-hydrogen) atoms. The number of barbiturate groups is 1. The van der Waals surface area contributed by atoms with E-state index < -0.39 is 17.8 Å². The topological polar surface area (TPSA) is 75.7 Å². The van der Waals surface area contributed by atoms with Crippen LogP contribution in [0.25, 0.3) is 6.08 Å². The monoisotopic (exact) mass is 472 g/mol. The lowest BCUT2D eigenvalue weighted by Crippen LogP contribution is -2.58. The van der Waals surface area contributed by atoms with Crippen LogP contribution in [-0.4, -0.2) is 28.8 Å². The number of urea groups is 1. The van der Waals surface area contributed by atoms with Crippen molar-refractivity contribution < 1.29 is 19.1 Å². The van der Waals surface area contributed by atoms with E-state index in [9.17, 15) is 14.4 Å². The van der Waals surface area contributed by atoms with Crippen molar-refractivity contribution in [2.75, 3.05) is 0 Å². The summed E-state index contributed by atoms with van der Waals surface area (Å²) in [5.74, 6) is -0.774. The van der Waals surface area contributed by atoms with E-state index in [-0.39, 0.29) is 18.2 Å². The van der Waals surface area contributed by atoms with Gasteiger partial charge in [0, 0.05) is 11.6 Å². The van der Waals surface area contributed by atoms with Gasteiger partial charge >= 0.3 is 6.03 Å². The molecule has 1 N–H and O–H groups in total. The summed E-state index contributed by atoms with van der Waals surface area (Å²) in [6, 6.07) is 11.5. The van der Waals surface area contributed by atoms with Crippen molar-refractivity contribution in [3.8, 4) is 5.75 Å². The minimum absolute atomic E-state index is 0.0826. The quantitative estimate of drug-likeness (QED) is 0.468. The van der Waals surface area contributed by atoms with Gasteiger partial charge < -0.3 is 4.74 Å². The lowest BCUT2D eigenvalue weighted by molar-refractivity contribution is -0.132. The number of halogens is 2. The average Bonchev–Trinajstić information content (AvgIpc) is 2.78. The zero-order valence-electron chi connectivity index (χ0n) is 17.3. The number of nitrogens with one attached hydrogen (secondary N) is 1. The van der Waals surface area contributed by atoms with Crippen LogP contribution in [0, 0.1) is 0 Å². The smallest absolute Gasteiger partial charge is 0.331 e. The largest absolute Gasteiger partial charge is 0.488 e. The molecule has 0 atom stereocenters. The Labute approximate surface area is 196 Å². The number of benzene rings is 2. The second-order valence-electron chi connectivity index (χ2n) is 7.86. The van der Waals surface area contributed by atoms with Crippen LogP contribution in [0.2, 0.25) is 10.0 Å². The van der Waals surface area contributed by atoms with E-state index in [0.29, 0.717) is 21.4 Å². The van der Waals surface area contributed by atoms with Crippen molar-refractivity contribution in [2.24, 2.45) is 0 Å². The fourth-order valence-corrected chi connectivity index (χ4v) is 4.34. The summed E-state index contributed by atoms with van der Waals surface area (Å²) >= 11 is 12.0. The Morgan fingerprint density at radius 3 is 2.50 bits per heavy atom. The van der Waals surface area contributed by atoms with E-state index in [1.807, 2.05) is 0 Å². The van der Waals surface area contributed by atoms with Gasteiger partial charge in [-0.2, -0.15) is 0 Å². The zero-order valence-corrected chi connectivity index (χ0v) is 18.8. The molecule has 6 nitrogen and oxygen atoms in total. The first-order valence-corrected chi connectivity index (χ1v) is 11.3. The molecular formula is C24H22Cl2N2O4. The van der Waals surface area contributed by atoms with Gasteiger partial charge in [-0.25, -0.2) is 4.79 Å². The number of nitrogens with zero attached hydrogens (tertiary/aromatic N) is 1. The minimum Gasteiger partial charge on any atom is -0.488 e. The molecule has 1 heterocycles. The molecule has 0 bridgehead atoms. The fraction of sp³-hybridized carbons (Fsp3) is 0.292. The maximum Gasteiger partial charge on any atom is 0.331 e. The van der Waals surface area contributed by atoms with E-state index in [2.05, 4.69) is 5.32 Å². The van der Waals surface area contributed by atoms with Crippen molar-refractivity contribution in [1.82, 2.24) is 10.2 Å². The number of imide groups is 2. The number of hydrogen-bond donors (Lipinski definition) is 1. The number of hydrogen-bond acceptors (Lipinski definition) is 4. The van der Waals surface area contributed by atoms with Crippen LogP contribution in [-0.2, 0) is 16.2 Å². The predicted octanol–water partition coefficient (Wildman–Crippen LogP) is 5.37. The Balaban J connectivity index is 1.58. The van der Waals surface area contributed by atoms with Crippen LogP contribution < -0.4 is 10.1 Å². The molecule has 2 aliphatic rings. The SMILES string of the molecule is O=C1NC(=O)N(C2CCCCC2)C(=O)C1=Cc1ccccc1OCc1ccc(Cl)c(Cl)c1. The average molecular weight is 473 g/mol. The third-order valence-corrected chi connectivity index (χ3v) is 6.41. The van der Waals surface area contributed by atoms with Gasteiger partial charge in [-0.05, 0) is 42.7 Å². The maximum absolute atomic E-state index is 13.1. The Morgan fingerprint density at radius 2 is 1.75 bits per heavy atom. The van der Waals surface area contributed by atoms with Crippen LogP contribution in [0.1, 0.15) is 43.2 Å². The first-order chi connectivity index (χ1) is 15.4. The van der Waals surface area contributed by atoms with Crippen molar-refractivity contribution >= 4 is 47.1 Å². The highest BCUT2D eigenvalue weighted by atomic mass is 35.5. The van der Waals surface area contributed by atoms with E-state index in [0.717, 1.165) is 37.7 Å². The highest BCUT2D eigenvalue weighted by Gasteiger charge is 2.40. The van der Waals surface area contributed by atoms with E-state index in [1.165, 1.54) is 11.0 Å². The van der Waals surface area contributed by atoms with E-state index >= 15 is 0 Å². The van der Waals surface area contributed by atoms with Crippen LogP contribution in [0.4, 0.5) is 4.79 Å². The van der Waals surface area contributed by atoms with Crippen LogP contribution >= 0.6 is 23.2 Å². The van der Waals surface area contributed by atoms with Gasteiger partial charge in [0.1, 0.15) is 17.9 Å². The molecule has 2 aromatic carbocycles. The van der Waals surface area contributed by atoms with Gasteiger partial charge in [0.2, 0.25) is 0 Å². The molecule has 2 fully saturated rings. The lowest BCUT2D eigenvalue weighted by atomic mass is 9.93. The zero-order chi connectivity index (χ0) is 22.7. The molecule has 1 saturated carbocycles. The van der Waals surface area contributed by atoms with Crippen molar-refractivity contribution in [2.45, 2.75) is 44.8 Å². The van der Waals surface area contributed by atoms with Crippen LogP contribution in [0.15, 0.2) is 48.0 Å². The second-order valence-corrected chi connectivity index (χ2v) is 8.67. The summed E-state index contributed by atoms with van der Waals surface area (Å²) in [5.41, 5.74) is 1.30. The Morgan fingerprint density at radius 1 is 1.00 bits per heavy atom. The summed E-state index contributed by atoms with van der Waals surface area (Å²) in [7, 11) is 0. The van der Waals surface area contributed by atoms with Crippen LogP contribution in [0.5, 0.6) is 5.75 Å². The minimum atomic E-state index is -0.702. The van der Waals surface area contributed by atoms with Gasteiger partial charge in [0.25, 0.3) is 11.8 Å². The first-order valence-electron chi connectivity index (χ1n) is 10.5. The molecular weight excluding hydrogens is 451 g/mol. The predicted molar refractivity (Wildman–Crippen MR) is 122 cm³/mol. The second kappa shape index (κ2) is 9.76. The molecule has 0 radical (unpaired) electrons. The molecule has 1 saturated heterocycles. The summed E-state index contributed by atoms with van der Waals surface area (Å²) < 4.78 is 5.92. The van der Waals surface area contributed by atoms with Gasteiger partial charge in [-0.15, -0.1) is 0 Å². The number of rotatable bonds is 5. The molecule has 0 aromatic heterocycles. The Hall–Kier alpha value is -2.83. The number of carbonyl (C=O) groups excluding carboxylic acids is 3. The molecule has 166 valence electrons. The number of ether oxygens (including phenoxy) is 1. The lowest BCUT2D eigenvalue weighted by Gasteiger charge is -2.35. The number of carbonyl (C=O) groups is 3. The molecule has 8 heteroatoms. The van der Waals surface area contributed by atoms with E-state index in [4.69, 9.17) is 27.9 Å². The Bertz CT molecular complexity index is 1090. The standard InChI is InChI=1S/C24H22Cl2N2O4/c25-19-11-10-15(12-20(19)26)14-32-21-9-5-4-6-16(21)13-18-22(29)27-24(31)28(23(18)30)17-7-2-1-3-8-17/h4-6,9-13,17H,1-3,7-8,14H2,(H,27,29,31). The third-order valence-electron chi connectivity index (χ3n) is 5.67. The van der Waals surface area contributed by atoms with Crippen molar-refractivity contribution in [3.05, 3.63) is 69.2 Å². The fourth-order valence-electron chi connectivity index (χ4n) is 4.02. The molecule has 4 rings (SSSR count). The molecule has 0 spiro atoms. The third kappa shape index (κ3) is 4.81. The van der Waals surface area contributed by atoms with Gasteiger partial charge in [-0.1, -0.05) is 66.7 Å². The van der Waals surface area contributed by atoms with Crippen molar-refractivity contribution in [1.29, 1.82) is 0 Å². The summed E-state index contributed by atoms with van der Waals surface area (Å²) in [6.45, 7) is 0.226. The molecule has 4 amide bonds. The molecule has 2 aromatic rings. The van der Waals surface area contributed by atoms with Crippen molar-refractivity contribution in [3.63, 3.8) is 0 Å². The number of amides is 4. The molecule has 1 aliphatic carbocycles. The number of para-hydroxylation sites is 1. The Kier molecular flexibility index (Phi) is 6.82.